The summed E-state index contributed by atoms with van der Waals surface area (Å²) >= 11 is 0. The number of nitrogens with zero attached hydrogens (tertiary/aromatic N) is 2. The predicted octanol–water partition coefficient (Wildman–Crippen LogP) is 2.86. The number of hydrogen-bond donors (Lipinski definition) is 0. The first-order valence-electron chi connectivity index (χ1n) is 8.59. The number of carbonyl (C=O) groups is 1. The second kappa shape index (κ2) is 7.75. The summed E-state index contributed by atoms with van der Waals surface area (Å²) in [7, 11) is -4.03. The highest BCUT2D eigenvalue weighted by Gasteiger charge is 2.22. The van der Waals surface area contributed by atoms with Crippen molar-refractivity contribution in [2.24, 2.45) is 0 Å². The molecule has 3 aromatic rings. The molecule has 0 aliphatic rings. The highest BCUT2D eigenvalue weighted by Crippen LogP contribution is 2.13. The van der Waals surface area contributed by atoms with Crippen LogP contribution in [0.1, 0.15) is 28.8 Å². The van der Waals surface area contributed by atoms with Crippen molar-refractivity contribution in [1.82, 2.24) is 8.54 Å². The molecule has 0 fully saturated rings. The lowest BCUT2D eigenvalue weighted by Gasteiger charge is -2.05. The highest BCUT2D eigenvalue weighted by atomic mass is 32.2. The van der Waals surface area contributed by atoms with Gasteiger partial charge in [-0.15, -0.1) is 0 Å². The Kier molecular flexibility index (Phi) is 5.41. The quantitative estimate of drug-likeness (QED) is 0.655. The van der Waals surface area contributed by atoms with Crippen LogP contribution in [-0.4, -0.2) is 22.9 Å². The molecule has 27 heavy (non-hydrogen) atoms. The number of aromatic nitrogens is 2. The van der Waals surface area contributed by atoms with Gasteiger partial charge in [0.15, 0.2) is 0 Å². The molecular formula is C20H20N2O4S. The maximum atomic E-state index is 12.6. The summed E-state index contributed by atoms with van der Waals surface area (Å²) in [5.74, 6) is -0.422. The molecule has 0 N–H and O–H groups in total. The van der Waals surface area contributed by atoms with Crippen LogP contribution < -0.4 is 5.69 Å². The molecule has 0 amide bonds. The van der Waals surface area contributed by atoms with Gasteiger partial charge in [0.05, 0.1) is 4.90 Å². The van der Waals surface area contributed by atoms with Gasteiger partial charge >= 0.3 is 5.69 Å². The fourth-order valence-electron chi connectivity index (χ4n) is 2.77. The molecule has 6 nitrogen and oxygen atoms in total. The van der Waals surface area contributed by atoms with E-state index in [-0.39, 0.29) is 11.3 Å². The summed E-state index contributed by atoms with van der Waals surface area (Å²) < 4.78 is 26.7. The van der Waals surface area contributed by atoms with Crippen molar-refractivity contribution in [3.8, 4) is 0 Å². The van der Waals surface area contributed by atoms with Gasteiger partial charge in [0.25, 0.3) is 10.0 Å². The van der Waals surface area contributed by atoms with Gasteiger partial charge in [-0.25, -0.2) is 17.8 Å². The average Bonchev–Trinajstić information content (AvgIpc) is 3.05. The summed E-state index contributed by atoms with van der Waals surface area (Å²) in [5.41, 5.74) is 1.14. The summed E-state index contributed by atoms with van der Waals surface area (Å²) in [5, 5.41) is 0. The van der Waals surface area contributed by atoms with Gasteiger partial charge in [0, 0.05) is 18.8 Å². The molecule has 1 aromatic heterocycles. The second-order valence-electron chi connectivity index (χ2n) is 6.30. The van der Waals surface area contributed by atoms with E-state index in [0.29, 0.717) is 16.8 Å². The zero-order valence-corrected chi connectivity index (χ0v) is 15.7. The Morgan fingerprint density at radius 1 is 0.963 bits per heavy atom. The van der Waals surface area contributed by atoms with Crippen molar-refractivity contribution in [1.29, 1.82) is 0 Å². The fraction of sp³-hybridized carbons (Fsp3) is 0.200. The minimum Gasteiger partial charge on any atom is -0.274 e. The van der Waals surface area contributed by atoms with E-state index in [1.165, 1.54) is 18.3 Å². The standard InChI is InChI=1S/C20H20N2O4S/c1-16-10-12-18(13-11-16)27(25,26)22-15-14-21(20(22)24)19(23)9-5-8-17-6-3-2-4-7-17/h2-4,6-7,10-15H,5,8-9H2,1H3. The van der Waals surface area contributed by atoms with Crippen LogP contribution in [0.4, 0.5) is 0 Å². The van der Waals surface area contributed by atoms with Gasteiger partial charge in [-0.3, -0.25) is 4.79 Å². The van der Waals surface area contributed by atoms with Crippen LogP contribution in [-0.2, 0) is 16.4 Å². The molecule has 0 aliphatic carbocycles. The van der Waals surface area contributed by atoms with E-state index in [4.69, 9.17) is 0 Å². The summed E-state index contributed by atoms with van der Waals surface area (Å²) in [6, 6.07) is 15.9. The minimum atomic E-state index is -4.03. The van der Waals surface area contributed by atoms with Gasteiger partial charge in [-0.1, -0.05) is 48.0 Å². The van der Waals surface area contributed by atoms with Crippen molar-refractivity contribution in [2.45, 2.75) is 31.1 Å². The third-order valence-electron chi connectivity index (χ3n) is 4.29. The number of benzene rings is 2. The van der Waals surface area contributed by atoms with Crippen LogP contribution in [0.3, 0.4) is 0 Å². The molecule has 3 rings (SSSR count). The first kappa shape index (κ1) is 18.8. The third-order valence-corrected chi connectivity index (χ3v) is 5.95. The van der Waals surface area contributed by atoms with Crippen LogP contribution in [0.5, 0.6) is 0 Å². The van der Waals surface area contributed by atoms with Crippen LogP contribution in [0, 0.1) is 6.92 Å². The Morgan fingerprint density at radius 2 is 1.63 bits per heavy atom. The Hall–Kier alpha value is -2.93. The Labute approximate surface area is 157 Å². The first-order valence-corrected chi connectivity index (χ1v) is 10.0. The van der Waals surface area contributed by atoms with Crippen molar-refractivity contribution < 1.29 is 13.2 Å². The van der Waals surface area contributed by atoms with Crippen molar-refractivity contribution in [2.75, 3.05) is 0 Å². The Morgan fingerprint density at radius 3 is 2.30 bits per heavy atom. The SMILES string of the molecule is Cc1ccc(S(=O)(=O)n2ccn(C(=O)CCCc3ccccc3)c2=O)cc1. The van der Waals surface area contributed by atoms with Crippen LogP contribution in [0.25, 0.3) is 0 Å². The monoisotopic (exact) mass is 384 g/mol. The number of rotatable bonds is 6. The molecule has 1 heterocycles. The molecule has 7 heteroatoms. The van der Waals surface area contributed by atoms with Crippen molar-refractivity contribution >= 4 is 15.9 Å². The summed E-state index contributed by atoms with van der Waals surface area (Å²) in [4.78, 5) is 24.8. The lowest BCUT2D eigenvalue weighted by Crippen LogP contribution is -2.32. The topological polar surface area (TPSA) is 78.1 Å². The molecule has 140 valence electrons. The second-order valence-corrected chi connectivity index (χ2v) is 8.11. The summed E-state index contributed by atoms with van der Waals surface area (Å²) in [6.07, 6.45) is 3.77. The molecule has 0 spiro atoms. The van der Waals surface area contributed by atoms with Crippen LogP contribution >= 0.6 is 0 Å². The molecule has 0 saturated heterocycles. The minimum absolute atomic E-state index is 0.00414. The lowest BCUT2D eigenvalue weighted by atomic mass is 10.1. The van der Waals surface area contributed by atoms with Gasteiger partial charge in [-0.2, -0.15) is 3.97 Å². The zero-order chi connectivity index (χ0) is 19.4. The largest absolute Gasteiger partial charge is 0.349 e. The first-order chi connectivity index (χ1) is 12.9. The van der Waals surface area contributed by atoms with Crippen LogP contribution in [0.15, 0.2) is 76.7 Å². The number of carbonyl (C=O) groups excluding carboxylic acids is 1. The lowest BCUT2D eigenvalue weighted by molar-refractivity contribution is 0.0896. The van der Waals surface area contributed by atoms with E-state index in [1.54, 1.807) is 12.1 Å². The van der Waals surface area contributed by atoms with E-state index in [0.717, 1.165) is 21.9 Å². The molecule has 0 atom stereocenters. The van der Waals surface area contributed by atoms with Crippen molar-refractivity contribution in [3.63, 3.8) is 0 Å². The van der Waals surface area contributed by atoms with Gasteiger partial charge < -0.3 is 0 Å². The molecule has 2 aromatic carbocycles. The zero-order valence-electron chi connectivity index (χ0n) is 14.9. The smallest absolute Gasteiger partial charge is 0.274 e. The molecule has 0 bridgehead atoms. The number of imidazole rings is 1. The van der Waals surface area contributed by atoms with E-state index in [1.807, 2.05) is 37.3 Å². The van der Waals surface area contributed by atoms with Gasteiger partial charge in [0.2, 0.25) is 5.91 Å². The number of hydrogen-bond acceptors (Lipinski definition) is 4. The van der Waals surface area contributed by atoms with Gasteiger partial charge in [-0.05, 0) is 37.5 Å². The van der Waals surface area contributed by atoms with E-state index < -0.39 is 21.6 Å². The molecule has 0 aliphatic heterocycles. The predicted molar refractivity (Wildman–Crippen MR) is 102 cm³/mol. The Balaban J connectivity index is 1.75. The maximum Gasteiger partial charge on any atom is 0.349 e. The highest BCUT2D eigenvalue weighted by molar-refractivity contribution is 7.90. The fourth-order valence-corrected chi connectivity index (χ4v) is 3.98. The maximum absolute atomic E-state index is 12.6. The van der Waals surface area contributed by atoms with Crippen molar-refractivity contribution in [3.05, 3.63) is 88.6 Å². The molecule has 0 unspecified atom stereocenters. The molecular weight excluding hydrogens is 364 g/mol. The average molecular weight is 384 g/mol. The third kappa shape index (κ3) is 4.09. The van der Waals surface area contributed by atoms with E-state index in [9.17, 15) is 18.0 Å². The van der Waals surface area contributed by atoms with E-state index >= 15 is 0 Å². The Bertz CT molecular complexity index is 1090. The molecule has 0 saturated carbocycles. The normalized spacial score (nSPS) is 11.4. The van der Waals surface area contributed by atoms with Gasteiger partial charge in [0.1, 0.15) is 0 Å². The van der Waals surface area contributed by atoms with E-state index in [2.05, 4.69) is 0 Å². The molecule has 0 radical (unpaired) electrons. The van der Waals surface area contributed by atoms with Crippen LogP contribution in [0.2, 0.25) is 0 Å². The summed E-state index contributed by atoms with van der Waals surface area (Å²) in [6.45, 7) is 1.84. The number of aryl methyl sites for hydroxylation is 2.